The van der Waals surface area contributed by atoms with Gasteiger partial charge in [0, 0.05) is 13.1 Å². The molecule has 1 spiro atoms. The molecule has 1 aliphatic heterocycles. The van der Waals surface area contributed by atoms with E-state index in [-0.39, 0.29) is 17.3 Å². The van der Waals surface area contributed by atoms with Gasteiger partial charge in [-0.2, -0.15) is 0 Å². The molecule has 15 heavy (non-hydrogen) atoms. The van der Waals surface area contributed by atoms with Crippen LogP contribution >= 0.6 is 0 Å². The molecule has 0 bridgehead atoms. The van der Waals surface area contributed by atoms with Gasteiger partial charge in [-0.25, -0.2) is 0 Å². The van der Waals surface area contributed by atoms with Gasteiger partial charge in [-0.15, -0.1) is 0 Å². The second-order valence-electron chi connectivity index (χ2n) is 5.09. The number of hydrogen-bond donors (Lipinski definition) is 1. The molecule has 0 aromatic carbocycles. The first-order chi connectivity index (χ1) is 7.22. The summed E-state index contributed by atoms with van der Waals surface area (Å²) in [6.07, 6.45) is 4.93. The predicted molar refractivity (Wildman–Crippen MR) is 58.4 cm³/mol. The zero-order chi connectivity index (χ0) is 10.9. The van der Waals surface area contributed by atoms with E-state index in [1.807, 2.05) is 0 Å². The minimum atomic E-state index is -0.0169. The maximum absolute atomic E-state index is 11.7. The molecule has 2 aliphatic rings. The summed E-state index contributed by atoms with van der Waals surface area (Å²) in [4.78, 5) is 11.7. The van der Waals surface area contributed by atoms with Crippen molar-refractivity contribution in [3.05, 3.63) is 0 Å². The Labute approximate surface area is 91.6 Å². The van der Waals surface area contributed by atoms with Crippen LogP contribution in [0.25, 0.3) is 0 Å². The molecule has 1 N–H and O–H groups in total. The van der Waals surface area contributed by atoms with Gasteiger partial charge in [0.25, 0.3) is 0 Å². The smallest absolute Gasteiger partial charge is 0.310 e. The molecule has 3 heteroatoms. The third-order valence-electron chi connectivity index (χ3n) is 4.37. The number of hydrogen-bond acceptors (Lipinski definition) is 3. The zero-order valence-corrected chi connectivity index (χ0v) is 9.71. The first kappa shape index (κ1) is 10.9. The molecular formula is C12H21NO2. The third kappa shape index (κ3) is 1.78. The lowest BCUT2D eigenvalue weighted by molar-refractivity contribution is -0.148. The Morgan fingerprint density at radius 3 is 3.00 bits per heavy atom. The van der Waals surface area contributed by atoms with Crippen LogP contribution in [-0.4, -0.2) is 26.2 Å². The fourth-order valence-electron chi connectivity index (χ4n) is 3.38. The van der Waals surface area contributed by atoms with Gasteiger partial charge in [-0.1, -0.05) is 13.3 Å². The van der Waals surface area contributed by atoms with E-state index in [9.17, 15) is 4.79 Å². The summed E-state index contributed by atoms with van der Waals surface area (Å²) in [7, 11) is 1.50. The van der Waals surface area contributed by atoms with E-state index in [0.29, 0.717) is 0 Å². The van der Waals surface area contributed by atoms with Crippen LogP contribution in [0.4, 0.5) is 0 Å². The second-order valence-corrected chi connectivity index (χ2v) is 5.09. The number of rotatable bonds is 2. The first-order valence-corrected chi connectivity index (χ1v) is 6.00. The highest BCUT2D eigenvalue weighted by molar-refractivity contribution is 5.74. The SMILES string of the molecule is CCC1CCC2(CNCC2C(=O)OC)C1. The normalized spacial score (nSPS) is 39.9. The number of esters is 1. The van der Waals surface area contributed by atoms with Crippen LogP contribution < -0.4 is 5.32 Å². The van der Waals surface area contributed by atoms with E-state index in [4.69, 9.17) is 4.74 Å². The molecule has 1 heterocycles. The molecule has 86 valence electrons. The summed E-state index contributed by atoms with van der Waals surface area (Å²) >= 11 is 0. The van der Waals surface area contributed by atoms with Gasteiger partial charge in [-0.05, 0) is 30.6 Å². The van der Waals surface area contributed by atoms with E-state index < -0.39 is 0 Å². The lowest BCUT2D eigenvalue weighted by Crippen LogP contribution is -2.33. The van der Waals surface area contributed by atoms with Crippen LogP contribution in [0.15, 0.2) is 0 Å². The van der Waals surface area contributed by atoms with Crippen LogP contribution in [-0.2, 0) is 9.53 Å². The highest BCUT2D eigenvalue weighted by atomic mass is 16.5. The molecular weight excluding hydrogens is 190 g/mol. The van der Waals surface area contributed by atoms with Gasteiger partial charge in [-0.3, -0.25) is 4.79 Å². The van der Waals surface area contributed by atoms with Crippen LogP contribution in [0.3, 0.4) is 0 Å². The summed E-state index contributed by atoms with van der Waals surface area (Å²) in [5.41, 5.74) is 0.216. The van der Waals surface area contributed by atoms with Crippen molar-refractivity contribution in [1.29, 1.82) is 0 Å². The molecule has 1 saturated carbocycles. The van der Waals surface area contributed by atoms with E-state index >= 15 is 0 Å². The number of carbonyl (C=O) groups is 1. The number of ether oxygens (including phenoxy) is 1. The Balaban J connectivity index is 2.10. The van der Waals surface area contributed by atoms with Crippen molar-refractivity contribution in [3.63, 3.8) is 0 Å². The molecule has 3 nitrogen and oxygen atoms in total. The zero-order valence-electron chi connectivity index (χ0n) is 9.71. The maximum atomic E-state index is 11.7. The highest BCUT2D eigenvalue weighted by Gasteiger charge is 2.50. The molecule has 0 aromatic rings. The number of carbonyl (C=O) groups excluding carboxylic acids is 1. The molecule has 3 unspecified atom stereocenters. The monoisotopic (exact) mass is 211 g/mol. The Kier molecular flexibility index (Phi) is 3.01. The lowest BCUT2D eigenvalue weighted by Gasteiger charge is -2.28. The minimum Gasteiger partial charge on any atom is -0.469 e. The van der Waals surface area contributed by atoms with Gasteiger partial charge in [0.2, 0.25) is 0 Å². The average Bonchev–Trinajstić information content (AvgIpc) is 2.86. The highest BCUT2D eigenvalue weighted by Crippen LogP contribution is 2.50. The predicted octanol–water partition coefficient (Wildman–Crippen LogP) is 1.58. The molecule has 2 rings (SSSR count). The first-order valence-electron chi connectivity index (χ1n) is 6.00. The van der Waals surface area contributed by atoms with Crippen molar-refractivity contribution in [2.45, 2.75) is 32.6 Å². The summed E-state index contributed by atoms with van der Waals surface area (Å²) in [5, 5.41) is 3.36. The van der Waals surface area contributed by atoms with E-state index in [1.54, 1.807) is 0 Å². The Bertz CT molecular complexity index is 254. The van der Waals surface area contributed by atoms with Gasteiger partial charge in [0.1, 0.15) is 0 Å². The van der Waals surface area contributed by atoms with Crippen LogP contribution in [0.2, 0.25) is 0 Å². The quantitative estimate of drug-likeness (QED) is 0.705. The van der Waals surface area contributed by atoms with Crippen molar-refractivity contribution in [2.24, 2.45) is 17.3 Å². The van der Waals surface area contributed by atoms with E-state index in [0.717, 1.165) is 19.0 Å². The van der Waals surface area contributed by atoms with Gasteiger partial charge in [0.05, 0.1) is 13.0 Å². The van der Waals surface area contributed by atoms with Gasteiger partial charge in [0.15, 0.2) is 0 Å². The molecule has 0 radical (unpaired) electrons. The van der Waals surface area contributed by atoms with Gasteiger partial charge < -0.3 is 10.1 Å². The van der Waals surface area contributed by atoms with Crippen molar-refractivity contribution < 1.29 is 9.53 Å². The van der Waals surface area contributed by atoms with E-state index in [2.05, 4.69) is 12.2 Å². The fourth-order valence-corrected chi connectivity index (χ4v) is 3.38. The topological polar surface area (TPSA) is 38.3 Å². The van der Waals surface area contributed by atoms with Crippen molar-refractivity contribution >= 4 is 5.97 Å². The second kappa shape index (κ2) is 4.12. The summed E-state index contributed by atoms with van der Waals surface area (Å²) in [6.45, 7) is 4.06. The molecule has 0 aromatic heterocycles. The third-order valence-corrected chi connectivity index (χ3v) is 4.37. The molecule has 0 amide bonds. The lowest BCUT2D eigenvalue weighted by atomic mass is 9.76. The van der Waals surface area contributed by atoms with Crippen molar-refractivity contribution in [2.75, 3.05) is 20.2 Å². The van der Waals surface area contributed by atoms with E-state index in [1.165, 1.54) is 32.8 Å². The van der Waals surface area contributed by atoms with Crippen LogP contribution in [0.1, 0.15) is 32.6 Å². The largest absolute Gasteiger partial charge is 0.469 e. The summed E-state index contributed by atoms with van der Waals surface area (Å²) in [5.74, 6) is 0.896. The van der Waals surface area contributed by atoms with Crippen LogP contribution in [0, 0.1) is 17.3 Å². The van der Waals surface area contributed by atoms with Crippen molar-refractivity contribution in [1.82, 2.24) is 5.32 Å². The van der Waals surface area contributed by atoms with Crippen LogP contribution in [0.5, 0.6) is 0 Å². The Hall–Kier alpha value is -0.570. The Morgan fingerprint density at radius 2 is 2.40 bits per heavy atom. The molecule has 1 saturated heterocycles. The maximum Gasteiger partial charge on any atom is 0.310 e. The average molecular weight is 211 g/mol. The molecule has 3 atom stereocenters. The fraction of sp³-hybridized carbons (Fsp3) is 0.917. The van der Waals surface area contributed by atoms with Crippen molar-refractivity contribution in [3.8, 4) is 0 Å². The molecule has 1 aliphatic carbocycles. The summed E-state index contributed by atoms with van der Waals surface area (Å²) < 4.78 is 4.91. The number of methoxy groups -OCH3 is 1. The standard InChI is InChI=1S/C12H21NO2/c1-3-9-4-5-12(6-9)8-13-7-10(12)11(14)15-2/h9-10,13H,3-8H2,1-2H3. The molecule has 2 fully saturated rings. The summed E-state index contributed by atoms with van der Waals surface area (Å²) in [6, 6.07) is 0. The Morgan fingerprint density at radius 1 is 1.60 bits per heavy atom. The van der Waals surface area contributed by atoms with Gasteiger partial charge >= 0.3 is 5.97 Å². The minimum absolute atomic E-state index is 0.0169. The number of nitrogens with one attached hydrogen (secondary N) is 1.